The molecule has 1 atom stereocenters. The minimum absolute atomic E-state index is 0.0537. The maximum atomic E-state index is 5.70. The highest BCUT2D eigenvalue weighted by atomic mass is 32.1. The summed E-state index contributed by atoms with van der Waals surface area (Å²) in [6, 6.07) is 4.17. The molecule has 4 nitrogen and oxygen atoms in total. The lowest BCUT2D eigenvalue weighted by Gasteiger charge is -2.17. The molecule has 5 heteroatoms. The lowest BCUT2D eigenvalue weighted by molar-refractivity contribution is 0.545. The van der Waals surface area contributed by atoms with E-state index in [1.54, 1.807) is 11.3 Å². The maximum Gasteiger partial charge on any atom is 0.0950 e. The Labute approximate surface area is 118 Å². The van der Waals surface area contributed by atoms with Gasteiger partial charge in [0, 0.05) is 22.7 Å². The number of aromatic nitrogens is 2. The molecule has 0 bridgehead atoms. The van der Waals surface area contributed by atoms with Gasteiger partial charge in [0.1, 0.15) is 0 Å². The van der Waals surface area contributed by atoms with Gasteiger partial charge in [0.05, 0.1) is 16.7 Å². The Morgan fingerprint density at radius 1 is 1.16 bits per heavy atom. The lowest BCUT2D eigenvalue weighted by atomic mass is 10.0. The molecule has 0 aromatic carbocycles. The van der Waals surface area contributed by atoms with Crippen LogP contribution in [-0.2, 0) is 6.42 Å². The second kappa shape index (κ2) is 5.77. The van der Waals surface area contributed by atoms with Gasteiger partial charge in [0.15, 0.2) is 0 Å². The van der Waals surface area contributed by atoms with Gasteiger partial charge >= 0.3 is 0 Å². The van der Waals surface area contributed by atoms with Crippen LogP contribution in [0, 0.1) is 27.7 Å². The fourth-order valence-corrected chi connectivity index (χ4v) is 3.10. The van der Waals surface area contributed by atoms with Gasteiger partial charge in [-0.1, -0.05) is 6.07 Å². The van der Waals surface area contributed by atoms with E-state index in [4.69, 9.17) is 5.84 Å². The molecule has 0 saturated heterocycles. The molecule has 0 spiro atoms. The van der Waals surface area contributed by atoms with Crippen LogP contribution >= 0.6 is 11.3 Å². The molecule has 0 fully saturated rings. The highest BCUT2D eigenvalue weighted by Gasteiger charge is 2.16. The zero-order chi connectivity index (χ0) is 14.0. The van der Waals surface area contributed by atoms with E-state index in [2.05, 4.69) is 28.4 Å². The van der Waals surface area contributed by atoms with E-state index in [1.807, 2.05) is 26.8 Å². The number of nitrogens with two attached hydrogens (primary N) is 1. The van der Waals surface area contributed by atoms with Crippen molar-refractivity contribution in [2.75, 3.05) is 0 Å². The van der Waals surface area contributed by atoms with Crippen LogP contribution in [-0.4, -0.2) is 9.97 Å². The Morgan fingerprint density at radius 2 is 1.89 bits per heavy atom. The summed E-state index contributed by atoms with van der Waals surface area (Å²) in [5.74, 6) is 5.70. The number of aryl methyl sites for hydroxylation is 4. The van der Waals surface area contributed by atoms with Crippen LogP contribution in [0.4, 0.5) is 0 Å². The van der Waals surface area contributed by atoms with Gasteiger partial charge in [-0.3, -0.25) is 16.3 Å². The molecule has 0 radical (unpaired) electrons. The number of hydrogen-bond donors (Lipinski definition) is 2. The summed E-state index contributed by atoms with van der Waals surface area (Å²) in [6.45, 7) is 8.15. The first-order valence-electron chi connectivity index (χ1n) is 6.34. The first kappa shape index (κ1) is 14.1. The van der Waals surface area contributed by atoms with Gasteiger partial charge in [0.25, 0.3) is 0 Å². The third-order valence-electron chi connectivity index (χ3n) is 3.29. The second-order valence-electron chi connectivity index (χ2n) is 4.80. The molecule has 2 aromatic heterocycles. The molecular formula is C14H20N4S. The molecule has 1 unspecified atom stereocenters. The Balaban J connectivity index is 2.24. The van der Waals surface area contributed by atoms with Crippen molar-refractivity contribution in [3.63, 3.8) is 0 Å². The molecule has 102 valence electrons. The first-order chi connectivity index (χ1) is 9.01. The predicted molar refractivity (Wildman–Crippen MR) is 79.1 cm³/mol. The highest BCUT2D eigenvalue weighted by Crippen LogP contribution is 2.24. The molecule has 2 heterocycles. The van der Waals surface area contributed by atoms with Gasteiger partial charge in [-0.2, -0.15) is 0 Å². The number of hydrazine groups is 1. The lowest BCUT2D eigenvalue weighted by Crippen LogP contribution is -2.30. The van der Waals surface area contributed by atoms with Crippen LogP contribution < -0.4 is 11.3 Å². The van der Waals surface area contributed by atoms with E-state index in [0.29, 0.717) is 0 Å². The molecule has 2 rings (SSSR count). The fraction of sp³-hybridized carbons (Fsp3) is 0.429. The van der Waals surface area contributed by atoms with E-state index in [-0.39, 0.29) is 6.04 Å². The van der Waals surface area contributed by atoms with E-state index < -0.39 is 0 Å². The maximum absolute atomic E-state index is 5.70. The zero-order valence-electron chi connectivity index (χ0n) is 11.8. The first-order valence-corrected chi connectivity index (χ1v) is 7.16. The summed E-state index contributed by atoms with van der Waals surface area (Å²) < 4.78 is 0. The van der Waals surface area contributed by atoms with Gasteiger partial charge < -0.3 is 0 Å². The molecule has 19 heavy (non-hydrogen) atoms. The van der Waals surface area contributed by atoms with Crippen LogP contribution in [0.5, 0.6) is 0 Å². The van der Waals surface area contributed by atoms with Crippen molar-refractivity contribution in [1.29, 1.82) is 0 Å². The van der Waals surface area contributed by atoms with E-state index >= 15 is 0 Å². The normalized spacial score (nSPS) is 12.7. The number of rotatable bonds is 4. The van der Waals surface area contributed by atoms with Crippen molar-refractivity contribution in [3.05, 3.63) is 44.7 Å². The standard InChI is InChI=1S/C14H20N4S/c1-8-5-6-12(10(3)16-8)13(18-15)7-14-17-9(2)11(4)19-14/h5-6,13,18H,7,15H2,1-4H3. The summed E-state index contributed by atoms with van der Waals surface area (Å²) in [4.78, 5) is 10.3. The molecular weight excluding hydrogens is 256 g/mol. The van der Waals surface area contributed by atoms with Crippen molar-refractivity contribution >= 4 is 11.3 Å². The SMILES string of the molecule is Cc1ccc(C(Cc2nc(C)c(C)s2)NN)c(C)n1. The molecule has 0 aliphatic heterocycles. The number of hydrogen-bond acceptors (Lipinski definition) is 5. The van der Waals surface area contributed by atoms with Crippen LogP contribution in [0.15, 0.2) is 12.1 Å². The Hall–Kier alpha value is -1.30. The third kappa shape index (κ3) is 3.18. The molecule has 0 saturated carbocycles. The molecule has 2 aromatic rings. The van der Waals surface area contributed by atoms with Crippen molar-refractivity contribution in [3.8, 4) is 0 Å². The summed E-state index contributed by atoms with van der Waals surface area (Å²) in [7, 11) is 0. The van der Waals surface area contributed by atoms with E-state index in [9.17, 15) is 0 Å². The summed E-state index contributed by atoms with van der Waals surface area (Å²) in [5, 5.41) is 1.11. The van der Waals surface area contributed by atoms with Crippen molar-refractivity contribution in [1.82, 2.24) is 15.4 Å². The molecule has 0 aliphatic rings. The van der Waals surface area contributed by atoms with Crippen molar-refractivity contribution in [2.24, 2.45) is 5.84 Å². The topological polar surface area (TPSA) is 63.8 Å². The summed E-state index contributed by atoms with van der Waals surface area (Å²) >= 11 is 1.73. The number of pyridine rings is 1. The quantitative estimate of drug-likeness (QED) is 0.665. The summed E-state index contributed by atoms with van der Waals surface area (Å²) in [5.41, 5.74) is 7.17. The largest absolute Gasteiger partial charge is 0.271 e. The minimum Gasteiger partial charge on any atom is -0.271 e. The van der Waals surface area contributed by atoms with Gasteiger partial charge in [-0.15, -0.1) is 11.3 Å². The molecule has 3 N–H and O–H groups in total. The predicted octanol–water partition coefficient (Wildman–Crippen LogP) is 2.52. The molecule has 0 aliphatic carbocycles. The van der Waals surface area contributed by atoms with Crippen molar-refractivity contribution < 1.29 is 0 Å². The fourth-order valence-electron chi connectivity index (χ4n) is 2.13. The van der Waals surface area contributed by atoms with Crippen LogP contribution in [0.2, 0.25) is 0 Å². The zero-order valence-corrected chi connectivity index (χ0v) is 12.6. The van der Waals surface area contributed by atoms with Crippen LogP contribution in [0.25, 0.3) is 0 Å². The van der Waals surface area contributed by atoms with Crippen LogP contribution in [0.3, 0.4) is 0 Å². The van der Waals surface area contributed by atoms with Gasteiger partial charge in [-0.25, -0.2) is 4.98 Å². The molecule has 0 amide bonds. The smallest absolute Gasteiger partial charge is 0.0950 e. The van der Waals surface area contributed by atoms with E-state index in [1.165, 1.54) is 4.88 Å². The monoisotopic (exact) mass is 276 g/mol. The highest BCUT2D eigenvalue weighted by molar-refractivity contribution is 7.11. The average molecular weight is 276 g/mol. The third-order valence-corrected chi connectivity index (χ3v) is 4.39. The van der Waals surface area contributed by atoms with Crippen LogP contribution in [0.1, 0.15) is 38.6 Å². The summed E-state index contributed by atoms with van der Waals surface area (Å²) in [6.07, 6.45) is 0.793. The average Bonchev–Trinajstić information content (AvgIpc) is 2.66. The Kier molecular flexibility index (Phi) is 4.29. The second-order valence-corrected chi connectivity index (χ2v) is 6.09. The Bertz CT molecular complexity index is 557. The number of nitrogens with zero attached hydrogens (tertiary/aromatic N) is 2. The number of nitrogens with one attached hydrogen (secondary N) is 1. The Morgan fingerprint density at radius 3 is 2.42 bits per heavy atom. The minimum atomic E-state index is 0.0537. The number of thiazole rings is 1. The van der Waals surface area contributed by atoms with Crippen molar-refractivity contribution in [2.45, 2.75) is 40.2 Å². The van der Waals surface area contributed by atoms with E-state index in [0.717, 1.165) is 34.1 Å². The van der Waals surface area contributed by atoms with Gasteiger partial charge in [0.2, 0.25) is 0 Å². The van der Waals surface area contributed by atoms with Gasteiger partial charge in [-0.05, 0) is 39.3 Å².